The fourth-order valence-electron chi connectivity index (χ4n) is 2.82. The van der Waals surface area contributed by atoms with Crippen molar-refractivity contribution in [1.82, 2.24) is 9.55 Å². The molecule has 3 aromatic rings. The van der Waals surface area contributed by atoms with Gasteiger partial charge in [-0.05, 0) is 50.2 Å². The molecule has 2 aromatic heterocycles. The maximum atomic E-state index is 13.5. The average Bonchev–Trinajstić information content (AvgIpc) is 2.94. The molecule has 0 saturated carbocycles. The van der Waals surface area contributed by atoms with Gasteiger partial charge in [-0.15, -0.1) is 0 Å². The maximum Gasteiger partial charge on any atom is 0.357 e. The van der Waals surface area contributed by atoms with Crippen molar-refractivity contribution in [3.8, 4) is 5.69 Å². The summed E-state index contributed by atoms with van der Waals surface area (Å²) in [6.07, 6.45) is 1.48. The number of aromatic nitrogens is 2. The van der Waals surface area contributed by atoms with Gasteiger partial charge in [-0.25, -0.2) is 14.2 Å². The van der Waals surface area contributed by atoms with Gasteiger partial charge in [0.05, 0.1) is 0 Å². The van der Waals surface area contributed by atoms with Crippen molar-refractivity contribution < 1.29 is 18.7 Å². The summed E-state index contributed by atoms with van der Waals surface area (Å²) in [6, 6.07) is 12.7. The third kappa shape index (κ3) is 3.54. The van der Waals surface area contributed by atoms with Crippen molar-refractivity contribution in [2.24, 2.45) is 0 Å². The summed E-state index contributed by atoms with van der Waals surface area (Å²) in [7, 11) is 0. The molecule has 5 nitrogen and oxygen atoms in total. The van der Waals surface area contributed by atoms with E-state index >= 15 is 0 Å². The van der Waals surface area contributed by atoms with E-state index in [4.69, 9.17) is 4.74 Å². The molecule has 0 saturated heterocycles. The molecule has 0 aliphatic heterocycles. The third-order valence-electron chi connectivity index (χ3n) is 4.01. The molecule has 0 fully saturated rings. The number of carbonyl (C=O) groups excluding carboxylic acids is 2. The van der Waals surface area contributed by atoms with Crippen molar-refractivity contribution in [2.75, 3.05) is 6.61 Å². The van der Waals surface area contributed by atoms with Gasteiger partial charge in [0.1, 0.15) is 11.5 Å². The highest BCUT2D eigenvalue weighted by Gasteiger charge is 2.19. The van der Waals surface area contributed by atoms with Crippen LogP contribution in [0.3, 0.4) is 0 Å². The van der Waals surface area contributed by atoms with Gasteiger partial charge in [0.15, 0.2) is 6.61 Å². The Morgan fingerprint density at radius 1 is 1.12 bits per heavy atom. The summed E-state index contributed by atoms with van der Waals surface area (Å²) < 4.78 is 20.4. The normalized spacial score (nSPS) is 10.6. The summed E-state index contributed by atoms with van der Waals surface area (Å²) in [5.74, 6) is -1.34. The fourth-order valence-corrected chi connectivity index (χ4v) is 2.82. The standard InChI is InChI=1S/C20H17FN2O3/c1-13-10-17(14(2)23(13)16-7-5-6-15(21)11-16)19(24)12-26-20(25)18-8-3-4-9-22-18/h3-11H,12H2,1-2H3. The van der Waals surface area contributed by atoms with Gasteiger partial charge >= 0.3 is 5.97 Å². The predicted molar refractivity (Wildman–Crippen MR) is 94.1 cm³/mol. The molecule has 0 spiro atoms. The van der Waals surface area contributed by atoms with Crippen LogP contribution in [-0.2, 0) is 4.74 Å². The van der Waals surface area contributed by atoms with E-state index in [2.05, 4.69) is 4.98 Å². The molecule has 2 heterocycles. The number of pyridine rings is 1. The van der Waals surface area contributed by atoms with Crippen LogP contribution in [0.15, 0.2) is 54.7 Å². The zero-order valence-corrected chi connectivity index (χ0v) is 14.4. The van der Waals surface area contributed by atoms with Crippen LogP contribution in [0.5, 0.6) is 0 Å². The molecule has 1 aromatic carbocycles. The van der Waals surface area contributed by atoms with Gasteiger partial charge < -0.3 is 9.30 Å². The summed E-state index contributed by atoms with van der Waals surface area (Å²) >= 11 is 0. The van der Waals surface area contributed by atoms with Gasteiger partial charge in [-0.1, -0.05) is 12.1 Å². The number of esters is 1. The number of aryl methyl sites for hydroxylation is 1. The van der Waals surface area contributed by atoms with E-state index in [-0.39, 0.29) is 23.9 Å². The summed E-state index contributed by atoms with van der Waals surface area (Å²) in [4.78, 5) is 28.3. The number of hydrogen-bond donors (Lipinski definition) is 0. The largest absolute Gasteiger partial charge is 0.453 e. The Balaban J connectivity index is 1.78. The number of Topliss-reactive ketones (excluding diaryl/α,β-unsaturated/α-hetero) is 1. The lowest BCUT2D eigenvalue weighted by Gasteiger charge is -2.10. The highest BCUT2D eigenvalue weighted by molar-refractivity contribution is 6.00. The van der Waals surface area contributed by atoms with E-state index in [1.807, 2.05) is 6.92 Å². The quantitative estimate of drug-likeness (QED) is 0.519. The topological polar surface area (TPSA) is 61.2 Å². The van der Waals surface area contributed by atoms with Gasteiger partial charge in [-0.2, -0.15) is 0 Å². The minimum atomic E-state index is -0.655. The van der Waals surface area contributed by atoms with Crippen LogP contribution in [0, 0.1) is 19.7 Å². The van der Waals surface area contributed by atoms with E-state index in [1.54, 1.807) is 41.8 Å². The van der Waals surface area contributed by atoms with Crippen molar-refractivity contribution in [3.05, 3.63) is 83.2 Å². The van der Waals surface area contributed by atoms with Gasteiger partial charge in [0.25, 0.3) is 0 Å². The van der Waals surface area contributed by atoms with E-state index in [0.29, 0.717) is 16.9 Å². The Bertz CT molecular complexity index is 964. The Morgan fingerprint density at radius 2 is 1.92 bits per heavy atom. The molecular weight excluding hydrogens is 335 g/mol. The second-order valence-electron chi connectivity index (χ2n) is 5.81. The molecule has 0 unspecified atom stereocenters. The molecular formula is C20H17FN2O3. The SMILES string of the molecule is Cc1cc(C(=O)COC(=O)c2ccccn2)c(C)n1-c1cccc(F)c1. The van der Waals surface area contributed by atoms with Gasteiger partial charge in [0, 0.05) is 28.8 Å². The van der Waals surface area contributed by atoms with Crippen LogP contribution in [0.1, 0.15) is 32.2 Å². The zero-order chi connectivity index (χ0) is 18.7. The number of benzene rings is 1. The number of ketones is 1. The lowest BCUT2D eigenvalue weighted by Crippen LogP contribution is -2.15. The maximum absolute atomic E-state index is 13.5. The van der Waals surface area contributed by atoms with Crippen LogP contribution in [0.25, 0.3) is 5.69 Å². The van der Waals surface area contributed by atoms with Crippen molar-refractivity contribution >= 4 is 11.8 Å². The molecule has 3 rings (SSSR count). The highest BCUT2D eigenvalue weighted by atomic mass is 19.1. The minimum Gasteiger partial charge on any atom is -0.453 e. The molecule has 0 atom stereocenters. The Kier molecular flexibility index (Phi) is 4.93. The molecule has 6 heteroatoms. The second-order valence-corrected chi connectivity index (χ2v) is 5.81. The number of nitrogens with zero attached hydrogens (tertiary/aromatic N) is 2. The first kappa shape index (κ1) is 17.5. The predicted octanol–water partition coefficient (Wildman–Crippen LogP) is 3.67. The van der Waals surface area contributed by atoms with Crippen LogP contribution >= 0.6 is 0 Å². The Hall–Kier alpha value is -3.28. The van der Waals surface area contributed by atoms with E-state index in [1.165, 1.54) is 24.4 Å². The summed E-state index contributed by atoms with van der Waals surface area (Å²) in [6.45, 7) is 3.21. The zero-order valence-electron chi connectivity index (χ0n) is 14.4. The first-order valence-corrected chi connectivity index (χ1v) is 8.03. The molecule has 0 radical (unpaired) electrons. The molecule has 0 N–H and O–H groups in total. The lowest BCUT2D eigenvalue weighted by molar-refractivity contribution is 0.0468. The number of carbonyl (C=O) groups is 2. The van der Waals surface area contributed by atoms with E-state index in [0.717, 1.165) is 5.69 Å². The minimum absolute atomic E-state index is 0.144. The smallest absolute Gasteiger partial charge is 0.357 e. The second kappa shape index (κ2) is 7.31. The molecule has 0 bridgehead atoms. The van der Waals surface area contributed by atoms with E-state index in [9.17, 15) is 14.0 Å². The van der Waals surface area contributed by atoms with Crippen LogP contribution < -0.4 is 0 Å². The number of halogens is 1. The molecule has 0 amide bonds. The molecule has 0 aliphatic carbocycles. The monoisotopic (exact) mass is 352 g/mol. The number of rotatable bonds is 5. The van der Waals surface area contributed by atoms with Crippen LogP contribution in [0.2, 0.25) is 0 Å². The summed E-state index contributed by atoms with van der Waals surface area (Å²) in [5.41, 5.74) is 2.65. The lowest BCUT2D eigenvalue weighted by atomic mass is 10.1. The van der Waals surface area contributed by atoms with Crippen molar-refractivity contribution in [2.45, 2.75) is 13.8 Å². The average molecular weight is 352 g/mol. The number of ether oxygens (including phenoxy) is 1. The van der Waals surface area contributed by atoms with Gasteiger partial charge in [-0.3, -0.25) is 4.79 Å². The van der Waals surface area contributed by atoms with Crippen molar-refractivity contribution in [3.63, 3.8) is 0 Å². The first-order valence-electron chi connectivity index (χ1n) is 8.03. The Labute approximate surface area is 150 Å². The molecule has 132 valence electrons. The highest BCUT2D eigenvalue weighted by Crippen LogP contribution is 2.22. The molecule has 0 aliphatic rings. The summed E-state index contributed by atoms with van der Waals surface area (Å²) in [5, 5.41) is 0. The van der Waals surface area contributed by atoms with Gasteiger partial charge in [0.2, 0.25) is 5.78 Å². The van der Waals surface area contributed by atoms with Crippen molar-refractivity contribution in [1.29, 1.82) is 0 Å². The Morgan fingerprint density at radius 3 is 2.62 bits per heavy atom. The van der Waals surface area contributed by atoms with E-state index < -0.39 is 5.97 Å². The third-order valence-corrected chi connectivity index (χ3v) is 4.01. The first-order chi connectivity index (χ1) is 12.5. The molecule has 26 heavy (non-hydrogen) atoms. The fraction of sp³-hybridized carbons (Fsp3) is 0.150. The number of hydrogen-bond acceptors (Lipinski definition) is 4. The van der Waals surface area contributed by atoms with Crippen LogP contribution in [0.4, 0.5) is 4.39 Å². The van der Waals surface area contributed by atoms with Crippen LogP contribution in [-0.4, -0.2) is 27.9 Å².